The number of benzene rings is 1. The number of halogens is 1. The van der Waals surface area contributed by atoms with Gasteiger partial charge in [0.05, 0.1) is 0 Å². The molecule has 2 atom stereocenters. The van der Waals surface area contributed by atoms with Crippen molar-refractivity contribution in [1.29, 1.82) is 0 Å². The second-order valence-corrected chi connectivity index (χ2v) is 5.30. The van der Waals surface area contributed by atoms with E-state index >= 15 is 0 Å². The molecule has 1 N–H and O–H groups in total. The summed E-state index contributed by atoms with van der Waals surface area (Å²) in [5.41, 5.74) is 1.92. The molecule has 0 saturated heterocycles. The lowest BCUT2D eigenvalue weighted by Crippen LogP contribution is -2.27. The van der Waals surface area contributed by atoms with Gasteiger partial charge in [-0.2, -0.15) is 0 Å². The van der Waals surface area contributed by atoms with Gasteiger partial charge in [-0.15, -0.1) is 0 Å². The minimum Gasteiger partial charge on any atom is -0.382 e. The topological polar surface area (TPSA) is 12.0 Å². The van der Waals surface area contributed by atoms with Crippen molar-refractivity contribution in [3.8, 4) is 0 Å². The highest BCUT2D eigenvalue weighted by Crippen LogP contribution is 2.29. The van der Waals surface area contributed by atoms with Crippen molar-refractivity contribution in [3.63, 3.8) is 0 Å². The summed E-state index contributed by atoms with van der Waals surface area (Å²) < 4.78 is 13.3. The van der Waals surface area contributed by atoms with Crippen molar-refractivity contribution in [2.75, 3.05) is 5.32 Å². The highest BCUT2D eigenvalue weighted by molar-refractivity contribution is 5.46. The maximum atomic E-state index is 13.3. The molecule has 2 unspecified atom stereocenters. The highest BCUT2D eigenvalue weighted by atomic mass is 19.1. The summed E-state index contributed by atoms with van der Waals surface area (Å²) in [7, 11) is 0. The SMILES string of the molecule is CCC1CCCC(Nc2cc(C)cc(F)c2)C1. The van der Waals surface area contributed by atoms with Gasteiger partial charge in [0.15, 0.2) is 0 Å². The molecule has 17 heavy (non-hydrogen) atoms. The Morgan fingerprint density at radius 3 is 2.82 bits per heavy atom. The fourth-order valence-corrected chi connectivity index (χ4v) is 2.85. The van der Waals surface area contributed by atoms with Crippen LogP contribution < -0.4 is 5.32 Å². The van der Waals surface area contributed by atoms with Crippen LogP contribution in [0, 0.1) is 18.7 Å². The van der Waals surface area contributed by atoms with Gasteiger partial charge in [-0.1, -0.05) is 26.2 Å². The molecule has 0 spiro atoms. The fourth-order valence-electron chi connectivity index (χ4n) is 2.85. The van der Waals surface area contributed by atoms with E-state index in [0.29, 0.717) is 6.04 Å². The van der Waals surface area contributed by atoms with Gasteiger partial charge in [0.2, 0.25) is 0 Å². The molecule has 1 fully saturated rings. The molecule has 0 amide bonds. The predicted molar refractivity (Wildman–Crippen MR) is 70.8 cm³/mol. The van der Waals surface area contributed by atoms with Gasteiger partial charge in [-0.05, 0) is 49.4 Å². The fraction of sp³-hybridized carbons (Fsp3) is 0.600. The smallest absolute Gasteiger partial charge is 0.125 e. The molecule has 0 radical (unpaired) electrons. The van der Waals surface area contributed by atoms with E-state index in [9.17, 15) is 4.39 Å². The summed E-state index contributed by atoms with van der Waals surface area (Å²) in [4.78, 5) is 0. The Morgan fingerprint density at radius 1 is 1.29 bits per heavy atom. The maximum Gasteiger partial charge on any atom is 0.125 e. The summed E-state index contributed by atoms with van der Waals surface area (Å²) >= 11 is 0. The minimum absolute atomic E-state index is 0.143. The standard InChI is InChI=1S/C15H22FN/c1-3-12-5-4-6-14(9-12)17-15-8-11(2)7-13(16)10-15/h7-8,10,12,14,17H,3-6,9H2,1-2H3. The molecule has 1 aromatic carbocycles. The van der Waals surface area contributed by atoms with Crippen LogP contribution in [-0.4, -0.2) is 6.04 Å². The van der Waals surface area contributed by atoms with Crippen LogP contribution >= 0.6 is 0 Å². The molecular formula is C15H22FN. The molecule has 1 aliphatic carbocycles. The van der Waals surface area contributed by atoms with Crippen LogP contribution in [0.2, 0.25) is 0 Å². The number of anilines is 1. The van der Waals surface area contributed by atoms with Gasteiger partial charge in [0.1, 0.15) is 5.82 Å². The monoisotopic (exact) mass is 235 g/mol. The molecule has 1 nitrogen and oxygen atoms in total. The lowest BCUT2D eigenvalue weighted by Gasteiger charge is -2.30. The van der Waals surface area contributed by atoms with Crippen LogP contribution in [0.5, 0.6) is 0 Å². The first-order valence-electron chi connectivity index (χ1n) is 6.71. The highest BCUT2D eigenvalue weighted by Gasteiger charge is 2.20. The zero-order chi connectivity index (χ0) is 12.3. The third-order valence-electron chi connectivity index (χ3n) is 3.77. The van der Waals surface area contributed by atoms with Crippen LogP contribution in [0.15, 0.2) is 18.2 Å². The predicted octanol–water partition coefficient (Wildman–Crippen LogP) is 4.51. The first-order valence-corrected chi connectivity index (χ1v) is 6.71. The first kappa shape index (κ1) is 12.4. The van der Waals surface area contributed by atoms with Crippen molar-refractivity contribution in [3.05, 3.63) is 29.6 Å². The molecule has 1 saturated carbocycles. The number of aryl methyl sites for hydroxylation is 1. The Bertz CT molecular complexity index is 355. The molecule has 0 bridgehead atoms. The first-order chi connectivity index (χ1) is 8.17. The Balaban J connectivity index is 2.00. The molecule has 2 heteroatoms. The van der Waals surface area contributed by atoms with E-state index in [2.05, 4.69) is 12.2 Å². The van der Waals surface area contributed by atoms with E-state index in [-0.39, 0.29) is 5.82 Å². The summed E-state index contributed by atoms with van der Waals surface area (Å²) in [6.07, 6.45) is 6.36. The van der Waals surface area contributed by atoms with E-state index in [1.807, 2.05) is 13.0 Å². The molecular weight excluding hydrogens is 213 g/mol. The normalized spacial score (nSPS) is 24.6. The molecule has 1 aliphatic rings. The Labute approximate surface area is 103 Å². The lowest BCUT2D eigenvalue weighted by atomic mass is 9.84. The third-order valence-corrected chi connectivity index (χ3v) is 3.77. The lowest BCUT2D eigenvalue weighted by molar-refractivity contribution is 0.327. The third kappa shape index (κ3) is 3.45. The van der Waals surface area contributed by atoms with Gasteiger partial charge in [0.25, 0.3) is 0 Å². The van der Waals surface area contributed by atoms with Crippen LogP contribution in [-0.2, 0) is 0 Å². The summed E-state index contributed by atoms with van der Waals surface area (Å²) in [6, 6.07) is 5.72. The van der Waals surface area contributed by atoms with Crippen molar-refractivity contribution < 1.29 is 4.39 Å². The molecule has 1 aromatic rings. The summed E-state index contributed by atoms with van der Waals surface area (Å²) in [5.74, 6) is 0.700. The quantitative estimate of drug-likeness (QED) is 0.812. The molecule has 0 aliphatic heterocycles. The van der Waals surface area contributed by atoms with E-state index in [1.54, 1.807) is 12.1 Å². The van der Waals surface area contributed by atoms with Crippen molar-refractivity contribution >= 4 is 5.69 Å². The van der Waals surface area contributed by atoms with Gasteiger partial charge in [0, 0.05) is 11.7 Å². The number of hydrogen-bond acceptors (Lipinski definition) is 1. The molecule has 94 valence electrons. The number of rotatable bonds is 3. The van der Waals surface area contributed by atoms with Crippen molar-refractivity contribution in [2.45, 2.75) is 52.0 Å². The van der Waals surface area contributed by atoms with Crippen molar-refractivity contribution in [2.24, 2.45) is 5.92 Å². The van der Waals surface area contributed by atoms with E-state index in [0.717, 1.165) is 17.2 Å². The summed E-state index contributed by atoms with van der Waals surface area (Å²) in [6.45, 7) is 4.20. The van der Waals surface area contributed by atoms with Crippen LogP contribution in [0.4, 0.5) is 10.1 Å². The minimum atomic E-state index is -0.143. The average Bonchev–Trinajstić information content (AvgIpc) is 2.28. The van der Waals surface area contributed by atoms with Crippen LogP contribution in [0.3, 0.4) is 0 Å². The average molecular weight is 235 g/mol. The maximum absolute atomic E-state index is 13.3. The molecule has 2 rings (SSSR count). The zero-order valence-corrected chi connectivity index (χ0v) is 10.8. The van der Waals surface area contributed by atoms with Gasteiger partial charge >= 0.3 is 0 Å². The Hall–Kier alpha value is -1.05. The second kappa shape index (κ2) is 5.52. The Kier molecular flexibility index (Phi) is 4.03. The van der Waals surface area contributed by atoms with Gasteiger partial charge in [-0.25, -0.2) is 4.39 Å². The van der Waals surface area contributed by atoms with E-state index in [4.69, 9.17) is 0 Å². The Morgan fingerprint density at radius 2 is 2.12 bits per heavy atom. The van der Waals surface area contributed by atoms with Crippen LogP contribution in [0.25, 0.3) is 0 Å². The van der Waals surface area contributed by atoms with Gasteiger partial charge in [-0.3, -0.25) is 0 Å². The molecule has 0 aromatic heterocycles. The van der Waals surface area contributed by atoms with Crippen LogP contribution in [0.1, 0.15) is 44.6 Å². The van der Waals surface area contributed by atoms with Gasteiger partial charge < -0.3 is 5.32 Å². The largest absolute Gasteiger partial charge is 0.382 e. The number of nitrogens with one attached hydrogen (secondary N) is 1. The second-order valence-electron chi connectivity index (χ2n) is 5.30. The number of hydrogen-bond donors (Lipinski definition) is 1. The summed E-state index contributed by atoms with van der Waals surface area (Å²) in [5, 5.41) is 3.49. The van der Waals surface area contributed by atoms with E-state index in [1.165, 1.54) is 32.1 Å². The zero-order valence-electron chi connectivity index (χ0n) is 10.8. The molecule has 0 heterocycles. The van der Waals surface area contributed by atoms with E-state index < -0.39 is 0 Å². The van der Waals surface area contributed by atoms with Crippen molar-refractivity contribution in [1.82, 2.24) is 0 Å².